The Morgan fingerprint density at radius 1 is 1.14 bits per heavy atom. The van der Waals surface area contributed by atoms with Crippen LogP contribution in [0.3, 0.4) is 0 Å². The Balaban J connectivity index is 2.05. The summed E-state index contributed by atoms with van der Waals surface area (Å²) >= 11 is 0. The molecule has 1 aromatic heterocycles. The largest absolute Gasteiger partial charge is 0.457 e. The van der Waals surface area contributed by atoms with Gasteiger partial charge in [0.05, 0.1) is 5.69 Å². The maximum absolute atomic E-state index is 5.99. The molecule has 0 bridgehead atoms. The van der Waals surface area contributed by atoms with Crippen LogP contribution >= 0.6 is 0 Å². The Morgan fingerprint density at radius 2 is 1.95 bits per heavy atom. The van der Waals surface area contributed by atoms with E-state index in [0.717, 1.165) is 35.8 Å². The Kier molecular flexibility index (Phi) is 5.34. The smallest absolute Gasteiger partial charge is 0.130 e. The van der Waals surface area contributed by atoms with E-state index in [9.17, 15) is 0 Å². The van der Waals surface area contributed by atoms with Crippen molar-refractivity contribution < 1.29 is 4.74 Å². The number of aryl methyl sites for hydroxylation is 2. The number of nitrogens with one attached hydrogen (secondary N) is 1. The highest BCUT2D eigenvalue weighted by Crippen LogP contribution is 2.26. The average Bonchev–Trinajstić information content (AvgIpc) is 2.43. The van der Waals surface area contributed by atoms with Gasteiger partial charge in [0.25, 0.3) is 0 Å². The standard InChI is InChI=1S/C18H24N2O/c1-13(2)11-19-12-16-10-17(7-8-20-16)21-18-9-14(3)5-6-15(18)4/h5-10,13,19H,11-12H2,1-4H3. The van der Waals surface area contributed by atoms with Crippen molar-refractivity contribution in [3.05, 3.63) is 53.3 Å². The van der Waals surface area contributed by atoms with E-state index in [1.54, 1.807) is 6.20 Å². The first kappa shape index (κ1) is 15.5. The number of nitrogens with zero attached hydrogens (tertiary/aromatic N) is 1. The van der Waals surface area contributed by atoms with Crippen molar-refractivity contribution in [3.63, 3.8) is 0 Å². The topological polar surface area (TPSA) is 34.1 Å². The second kappa shape index (κ2) is 7.23. The van der Waals surface area contributed by atoms with E-state index < -0.39 is 0 Å². The van der Waals surface area contributed by atoms with Crippen LogP contribution in [0.2, 0.25) is 0 Å². The lowest BCUT2D eigenvalue weighted by Crippen LogP contribution is -2.19. The number of rotatable bonds is 6. The maximum atomic E-state index is 5.99. The first-order valence-corrected chi connectivity index (χ1v) is 7.45. The fourth-order valence-electron chi connectivity index (χ4n) is 2.05. The molecule has 2 rings (SSSR count). The lowest BCUT2D eigenvalue weighted by Gasteiger charge is -2.11. The highest BCUT2D eigenvalue weighted by Gasteiger charge is 2.04. The molecule has 3 heteroatoms. The lowest BCUT2D eigenvalue weighted by molar-refractivity contribution is 0.475. The van der Waals surface area contributed by atoms with Crippen molar-refractivity contribution in [1.82, 2.24) is 10.3 Å². The minimum atomic E-state index is 0.638. The Bertz CT molecular complexity index is 594. The minimum Gasteiger partial charge on any atom is -0.457 e. The molecule has 3 nitrogen and oxygen atoms in total. The fraction of sp³-hybridized carbons (Fsp3) is 0.389. The molecule has 0 fully saturated rings. The van der Waals surface area contributed by atoms with Crippen molar-refractivity contribution in [2.24, 2.45) is 5.92 Å². The molecule has 1 aromatic carbocycles. The van der Waals surface area contributed by atoms with Crippen LogP contribution in [0, 0.1) is 19.8 Å². The number of pyridine rings is 1. The molecule has 112 valence electrons. The third kappa shape index (κ3) is 4.87. The van der Waals surface area contributed by atoms with Gasteiger partial charge in [-0.25, -0.2) is 0 Å². The lowest BCUT2D eigenvalue weighted by atomic mass is 10.1. The number of ether oxygens (including phenoxy) is 1. The normalized spacial score (nSPS) is 10.9. The summed E-state index contributed by atoms with van der Waals surface area (Å²) in [5, 5.41) is 3.39. The monoisotopic (exact) mass is 284 g/mol. The minimum absolute atomic E-state index is 0.638. The number of benzene rings is 1. The van der Waals surface area contributed by atoms with Crippen LogP contribution in [0.1, 0.15) is 30.7 Å². The first-order valence-electron chi connectivity index (χ1n) is 7.45. The van der Waals surface area contributed by atoms with E-state index in [2.05, 4.69) is 56.2 Å². The summed E-state index contributed by atoms with van der Waals surface area (Å²) in [4.78, 5) is 4.38. The van der Waals surface area contributed by atoms with Gasteiger partial charge in [-0.05, 0) is 49.6 Å². The van der Waals surface area contributed by atoms with Gasteiger partial charge in [-0.2, -0.15) is 0 Å². The Labute approximate surface area is 127 Å². The second-order valence-electron chi connectivity index (χ2n) is 5.88. The van der Waals surface area contributed by atoms with Gasteiger partial charge in [0.1, 0.15) is 11.5 Å². The summed E-state index contributed by atoms with van der Waals surface area (Å²) in [6.07, 6.45) is 1.80. The van der Waals surface area contributed by atoms with E-state index in [1.807, 2.05) is 12.1 Å². The van der Waals surface area contributed by atoms with Crippen LogP contribution in [0.4, 0.5) is 0 Å². The number of aromatic nitrogens is 1. The molecule has 0 aliphatic heterocycles. The van der Waals surface area contributed by atoms with Gasteiger partial charge in [-0.3, -0.25) is 4.98 Å². The molecule has 0 unspecified atom stereocenters. The van der Waals surface area contributed by atoms with Crippen LogP contribution < -0.4 is 10.1 Å². The summed E-state index contributed by atoms with van der Waals surface area (Å²) in [6.45, 7) is 10.3. The van der Waals surface area contributed by atoms with E-state index >= 15 is 0 Å². The van der Waals surface area contributed by atoms with Crippen LogP contribution in [-0.2, 0) is 6.54 Å². The van der Waals surface area contributed by atoms with Gasteiger partial charge >= 0.3 is 0 Å². The molecule has 0 atom stereocenters. The summed E-state index contributed by atoms with van der Waals surface area (Å²) in [5.41, 5.74) is 3.33. The molecule has 0 saturated carbocycles. The van der Waals surface area contributed by atoms with E-state index in [0.29, 0.717) is 5.92 Å². The van der Waals surface area contributed by atoms with E-state index in [-0.39, 0.29) is 0 Å². The quantitative estimate of drug-likeness (QED) is 0.861. The third-order valence-electron chi connectivity index (χ3n) is 3.22. The van der Waals surface area contributed by atoms with Crippen molar-refractivity contribution in [2.45, 2.75) is 34.2 Å². The summed E-state index contributed by atoms with van der Waals surface area (Å²) in [6, 6.07) is 10.1. The van der Waals surface area contributed by atoms with Crippen molar-refractivity contribution >= 4 is 0 Å². The van der Waals surface area contributed by atoms with Crippen LogP contribution in [0.25, 0.3) is 0 Å². The summed E-state index contributed by atoms with van der Waals surface area (Å²) in [7, 11) is 0. The molecule has 0 spiro atoms. The van der Waals surface area contributed by atoms with Gasteiger partial charge in [0, 0.05) is 18.8 Å². The van der Waals surface area contributed by atoms with Gasteiger partial charge < -0.3 is 10.1 Å². The molecule has 0 amide bonds. The van der Waals surface area contributed by atoms with Gasteiger partial charge in [0.2, 0.25) is 0 Å². The second-order valence-corrected chi connectivity index (χ2v) is 5.88. The molecule has 0 saturated heterocycles. The molecular formula is C18H24N2O. The predicted molar refractivity (Wildman–Crippen MR) is 86.8 cm³/mol. The molecule has 0 radical (unpaired) electrons. The zero-order chi connectivity index (χ0) is 15.2. The van der Waals surface area contributed by atoms with Crippen LogP contribution in [-0.4, -0.2) is 11.5 Å². The van der Waals surface area contributed by atoms with Gasteiger partial charge in [-0.15, -0.1) is 0 Å². The average molecular weight is 284 g/mol. The first-order chi connectivity index (χ1) is 10.0. The van der Waals surface area contributed by atoms with Crippen molar-refractivity contribution in [3.8, 4) is 11.5 Å². The molecule has 1 N–H and O–H groups in total. The van der Waals surface area contributed by atoms with Crippen LogP contribution in [0.5, 0.6) is 11.5 Å². The van der Waals surface area contributed by atoms with E-state index in [4.69, 9.17) is 4.74 Å². The number of hydrogen-bond acceptors (Lipinski definition) is 3. The maximum Gasteiger partial charge on any atom is 0.130 e. The predicted octanol–water partition coefficient (Wildman–Crippen LogP) is 4.24. The summed E-state index contributed by atoms with van der Waals surface area (Å²) in [5.74, 6) is 2.38. The van der Waals surface area contributed by atoms with Crippen molar-refractivity contribution in [2.75, 3.05) is 6.54 Å². The third-order valence-corrected chi connectivity index (χ3v) is 3.22. The molecule has 0 aliphatic carbocycles. The van der Waals surface area contributed by atoms with E-state index in [1.165, 1.54) is 5.56 Å². The number of hydrogen-bond donors (Lipinski definition) is 1. The molecule has 2 aromatic rings. The highest BCUT2D eigenvalue weighted by molar-refractivity contribution is 5.39. The Hall–Kier alpha value is -1.87. The van der Waals surface area contributed by atoms with Crippen molar-refractivity contribution in [1.29, 1.82) is 0 Å². The molecule has 1 heterocycles. The molecular weight excluding hydrogens is 260 g/mol. The summed E-state index contributed by atoms with van der Waals surface area (Å²) < 4.78 is 5.99. The van der Waals surface area contributed by atoms with Gasteiger partial charge in [-0.1, -0.05) is 26.0 Å². The Morgan fingerprint density at radius 3 is 2.71 bits per heavy atom. The zero-order valence-electron chi connectivity index (χ0n) is 13.3. The van der Waals surface area contributed by atoms with Gasteiger partial charge in [0.15, 0.2) is 0 Å². The molecule has 0 aliphatic rings. The SMILES string of the molecule is Cc1ccc(C)c(Oc2ccnc(CNCC(C)C)c2)c1. The highest BCUT2D eigenvalue weighted by atomic mass is 16.5. The molecule has 21 heavy (non-hydrogen) atoms. The van der Waals surface area contributed by atoms with Crippen LogP contribution in [0.15, 0.2) is 36.5 Å². The zero-order valence-corrected chi connectivity index (χ0v) is 13.3. The fourth-order valence-corrected chi connectivity index (χ4v) is 2.05.